The summed E-state index contributed by atoms with van der Waals surface area (Å²) >= 11 is 0. The summed E-state index contributed by atoms with van der Waals surface area (Å²) in [6, 6.07) is 3.22. The van der Waals surface area contributed by atoms with Gasteiger partial charge in [0, 0.05) is 13.3 Å². The number of carbonyl (C=O) groups is 1. The van der Waals surface area contributed by atoms with Gasteiger partial charge in [0.25, 0.3) is 0 Å². The van der Waals surface area contributed by atoms with Gasteiger partial charge in [0.05, 0.1) is 19.8 Å². The third-order valence-electron chi connectivity index (χ3n) is 1.74. The van der Waals surface area contributed by atoms with Crippen molar-refractivity contribution >= 4 is 5.97 Å². The van der Waals surface area contributed by atoms with E-state index >= 15 is 0 Å². The number of methoxy groups -OCH3 is 1. The summed E-state index contributed by atoms with van der Waals surface area (Å²) in [6.07, 6.45) is 1.46. The molecule has 0 radical (unpaired) electrons. The molecule has 1 N–H and O–H groups in total. The lowest BCUT2D eigenvalue weighted by Crippen LogP contribution is -2.04. The fourth-order valence-electron chi connectivity index (χ4n) is 1.01. The van der Waals surface area contributed by atoms with Gasteiger partial charge in [-0.05, 0) is 17.7 Å². The molecular formula is C10H13NO4. The highest BCUT2D eigenvalue weighted by molar-refractivity contribution is 5.85. The molecule has 0 aromatic carbocycles. The summed E-state index contributed by atoms with van der Waals surface area (Å²) in [5.41, 5.74) is 0.821. The van der Waals surface area contributed by atoms with Crippen LogP contribution < -0.4 is 0 Å². The largest absolute Gasteiger partial charge is 0.477 e. The highest BCUT2D eigenvalue weighted by Gasteiger charge is 2.04. The lowest BCUT2D eigenvalue weighted by molar-refractivity contribution is 0.0613. The number of carboxylic acids is 1. The number of hydrogen-bond donors (Lipinski definition) is 1. The average molecular weight is 211 g/mol. The van der Waals surface area contributed by atoms with E-state index in [2.05, 4.69) is 4.98 Å². The number of pyridine rings is 1. The van der Waals surface area contributed by atoms with Crippen LogP contribution in [0.25, 0.3) is 0 Å². The van der Waals surface area contributed by atoms with Crippen molar-refractivity contribution in [2.24, 2.45) is 0 Å². The van der Waals surface area contributed by atoms with Crippen molar-refractivity contribution in [1.29, 1.82) is 0 Å². The molecule has 1 aromatic rings. The van der Waals surface area contributed by atoms with E-state index in [-0.39, 0.29) is 5.69 Å². The van der Waals surface area contributed by atoms with Crippen LogP contribution in [0.1, 0.15) is 16.1 Å². The molecule has 0 saturated carbocycles. The molecule has 1 aromatic heterocycles. The topological polar surface area (TPSA) is 68.7 Å². The molecule has 5 heteroatoms. The Bertz CT molecular complexity index is 327. The first-order valence-corrected chi connectivity index (χ1v) is 4.49. The first kappa shape index (κ1) is 11.6. The maximum Gasteiger partial charge on any atom is 0.354 e. The molecule has 82 valence electrons. The van der Waals surface area contributed by atoms with Crippen molar-refractivity contribution in [3.05, 3.63) is 29.6 Å². The van der Waals surface area contributed by atoms with Crippen molar-refractivity contribution in [3.63, 3.8) is 0 Å². The van der Waals surface area contributed by atoms with E-state index in [1.54, 1.807) is 13.2 Å². The molecule has 0 aliphatic heterocycles. The SMILES string of the molecule is COCCOCc1ccnc(C(=O)O)c1. The zero-order valence-electron chi connectivity index (χ0n) is 8.47. The van der Waals surface area contributed by atoms with Gasteiger partial charge in [-0.1, -0.05) is 0 Å². The molecule has 1 heterocycles. The molecule has 0 bridgehead atoms. The molecule has 0 fully saturated rings. The minimum absolute atomic E-state index is 0.0304. The van der Waals surface area contributed by atoms with Crippen molar-refractivity contribution < 1.29 is 19.4 Å². The number of aromatic nitrogens is 1. The van der Waals surface area contributed by atoms with Crippen LogP contribution in [-0.2, 0) is 16.1 Å². The lowest BCUT2D eigenvalue weighted by atomic mass is 10.2. The standard InChI is InChI=1S/C10H13NO4/c1-14-4-5-15-7-8-2-3-11-9(6-8)10(12)13/h2-3,6H,4-5,7H2,1H3,(H,12,13). The van der Waals surface area contributed by atoms with Crippen LogP contribution in [0.15, 0.2) is 18.3 Å². The Balaban J connectivity index is 2.47. The van der Waals surface area contributed by atoms with Crippen LogP contribution >= 0.6 is 0 Å². The van der Waals surface area contributed by atoms with E-state index < -0.39 is 5.97 Å². The molecule has 0 unspecified atom stereocenters. The van der Waals surface area contributed by atoms with Gasteiger partial charge in [-0.2, -0.15) is 0 Å². The van der Waals surface area contributed by atoms with Crippen molar-refractivity contribution in [2.75, 3.05) is 20.3 Å². The Hall–Kier alpha value is -1.46. The molecule has 0 aliphatic rings. The maximum atomic E-state index is 10.6. The maximum absolute atomic E-state index is 10.6. The zero-order chi connectivity index (χ0) is 11.1. The quantitative estimate of drug-likeness (QED) is 0.709. The highest BCUT2D eigenvalue weighted by atomic mass is 16.5. The first-order chi connectivity index (χ1) is 7.24. The number of aromatic carboxylic acids is 1. The van der Waals surface area contributed by atoms with Gasteiger partial charge in [-0.25, -0.2) is 9.78 Å². The molecule has 15 heavy (non-hydrogen) atoms. The van der Waals surface area contributed by atoms with Crippen LogP contribution in [0.4, 0.5) is 0 Å². The number of carboxylic acid groups (broad SMARTS) is 1. The van der Waals surface area contributed by atoms with Gasteiger partial charge < -0.3 is 14.6 Å². The van der Waals surface area contributed by atoms with Crippen LogP contribution in [0.3, 0.4) is 0 Å². The molecular weight excluding hydrogens is 198 g/mol. The van der Waals surface area contributed by atoms with Gasteiger partial charge in [0.1, 0.15) is 5.69 Å². The van der Waals surface area contributed by atoms with Crippen molar-refractivity contribution in [1.82, 2.24) is 4.98 Å². The third kappa shape index (κ3) is 4.05. The predicted octanol–water partition coefficient (Wildman–Crippen LogP) is 0.943. The average Bonchev–Trinajstić information content (AvgIpc) is 2.25. The summed E-state index contributed by atoms with van der Waals surface area (Å²) in [4.78, 5) is 14.3. The van der Waals surface area contributed by atoms with E-state index in [1.807, 2.05) is 0 Å². The van der Waals surface area contributed by atoms with E-state index in [0.717, 1.165) is 5.56 Å². The Morgan fingerprint density at radius 2 is 2.33 bits per heavy atom. The van der Waals surface area contributed by atoms with Gasteiger partial charge in [-0.3, -0.25) is 0 Å². The lowest BCUT2D eigenvalue weighted by Gasteiger charge is -2.03. The monoisotopic (exact) mass is 211 g/mol. The fourth-order valence-corrected chi connectivity index (χ4v) is 1.01. The summed E-state index contributed by atoms with van der Waals surface area (Å²) in [5.74, 6) is -1.03. The predicted molar refractivity (Wildman–Crippen MR) is 52.7 cm³/mol. The van der Waals surface area contributed by atoms with Crippen LogP contribution in [0.5, 0.6) is 0 Å². The summed E-state index contributed by atoms with van der Waals surface area (Å²) in [5, 5.41) is 8.70. The van der Waals surface area contributed by atoms with Crippen molar-refractivity contribution in [2.45, 2.75) is 6.61 Å². The fraction of sp³-hybridized carbons (Fsp3) is 0.400. The molecule has 0 aliphatic carbocycles. The smallest absolute Gasteiger partial charge is 0.354 e. The van der Waals surface area contributed by atoms with Crippen molar-refractivity contribution in [3.8, 4) is 0 Å². The highest BCUT2D eigenvalue weighted by Crippen LogP contribution is 2.03. The Kier molecular flexibility index (Phi) is 4.73. The second-order valence-corrected chi connectivity index (χ2v) is 2.90. The van der Waals surface area contributed by atoms with Crippen LogP contribution in [-0.4, -0.2) is 36.4 Å². The minimum atomic E-state index is -1.03. The second-order valence-electron chi connectivity index (χ2n) is 2.90. The number of hydrogen-bond acceptors (Lipinski definition) is 4. The summed E-state index contributed by atoms with van der Waals surface area (Å²) in [7, 11) is 1.60. The Morgan fingerprint density at radius 3 is 3.00 bits per heavy atom. The van der Waals surface area contributed by atoms with E-state index in [4.69, 9.17) is 14.6 Å². The third-order valence-corrected chi connectivity index (χ3v) is 1.74. The number of ether oxygens (including phenoxy) is 2. The van der Waals surface area contributed by atoms with E-state index in [0.29, 0.717) is 19.8 Å². The molecule has 0 saturated heterocycles. The number of nitrogens with zero attached hydrogens (tertiary/aromatic N) is 1. The molecule has 0 spiro atoms. The van der Waals surface area contributed by atoms with Gasteiger partial charge in [0.2, 0.25) is 0 Å². The second kappa shape index (κ2) is 6.10. The van der Waals surface area contributed by atoms with E-state index in [9.17, 15) is 4.79 Å². The first-order valence-electron chi connectivity index (χ1n) is 4.49. The molecule has 0 amide bonds. The van der Waals surface area contributed by atoms with Crippen LogP contribution in [0.2, 0.25) is 0 Å². The van der Waals surface area contributed by atoms with Gasteiger partial charge in [-0.15, -0.1) is 0 Å². The Morgan fingerprint density at radius 1 is 1.53 bits per heavy atom. The van der Waals surface area contributed by atoms with Crippen LogP contribution in [0, 0.1) is 0 Å². The minimum Gasteiger partial charge on any atom is -0.477 e. The Labute approximate surface area is 87.7 Å². The zero-order valence-corrected chi connectivity index (χ0v) is 8.47. The molecule has 0 atom stereocenters. The van der Waals surface area contributed by atoms with E-state index in [1.165, 1.54) is 12.3 Å². The van der Waals surface area contributed by atoms with Gasteiger partial charge >= 0.3 is 5.97 Å². The summed E-state index contributed by atoms with van der Waals surface area (Å²) < 4.78 is 10.1. The van der Waals surface area contributed by atoms with Gasteiger partial charge in [0.15, 0.2) is 0 Å². The number of rotatable bonds is 6. The molecule has 1 rings (SSSR count). The normalized spacial score (nSPS) is 10.2. The summed E-state index contributed by atoms with van der Waals surface area (Å²) in [6.45, 7) is 1.38. The molecule has 5 nitrogen and oxygen atoms in total.